The van der Waals surface area contributed by atoms with Crippen LogP contribution in [0.2, 0.25) is 0 Å². The molecule has 0 bridgehead atoms. The van der Waals surface area contributed by atoms with E-state index >= 15 is 0 Å². The summed E-state index contributed by atoms with van der Waals surface area (Å²) >= 11 is 0. The molecule has 0 amide bonds. The van der Waals surface area contributed by atoms with E-state index in [1.54, 1.807) is 0 Å². The summed E-state index contributed by atoms with van der Waals surface area (Å²) < 4.78 is 0. The van der Waals surface area contributed by atoms with Gasteiger partial charge in [0.1, 0.15) is 0 Å². The summed E-state index contributed by atoms with van der Waals surface area (Å²) in [7, 11) is 2.89. The smallest absolute Gasteiger partial charge is 1.00 e. The number of nitrogens with zero attached hydrogens (tertiary/aromatic N) is 1. The van der Waals surface area contributed by atoms with E-state index in [9.17, 15) is 5.21 Å². The molecule has 0 aromatic rings. The van der Waals surface area contributed by atoms with Crippen molar-refractivity contribution in [3.8, 4) is 0 Å². The molecule has 34 valence electrons. The first kappa shape index (κ1) is 15.8. The van der Waals surface area contributed by atoms with Gasteiger partial charge in [-0.05, 0) is 14.1 Å². The minimum Gasteiger partial charge on any atom is -1.00 e. The average molecular weight is 120 g/mol. The van der Waals surface area contributed by atoms with Crippen LogP contribution in [0, 0.1) is 5.21 Å². The Labute approximate surface area is 60.0 Å². The molecule has 0 spiro atoms. The van der Waals surface area contributed by atoms with Crippen molar-refractivity contribution >= 4 is 23.1 Å². The van der Waals surface area contributed by atoms with Crippen molar-refractivity contribution in [2.24, 2.45) is 0 Å². The molecule has 0 atom stereocenters. The Kier molecular flexibility index (Phi) is 24.6. The zero-order valence-electron chi connectivity index (χ0n) is 3.94. The van der Waals surface area contributed by atoms with Gasteiger partial charge in [-0.1, -0.05) is 0 Å². The van der Waals surface area contributed by atoms with Crippen molar-refractivity contribution in [1.29, 1.82) is 0 Å². The molecule has 0 rings (SSSR count). The zero-order valence-corrected chi connectivity index (χ0v) is 6.11. The fourth-order valence-corrected chi connectivity index (χ4v) is 0. The Morgan fingerprint density at radius 1 is 1.33 bits per heavy atom. The van der Waals surface area contributed by atoms with Gasteiger partial charge in [0.2, 0.25) is 0 Å². The summed E-state index contributed by atoms with van der Waals surface area (Å²) in [6.45, 7) is 0. The second-order valence-corrected chi connectivity index (χ2v) is 0.812. The molecule has 2 nitrogen and oxygen atoms in total. The van der Waals surface area contributed by atoms with Crippen LogP contribution in [-0.2, 0) is 0 Å². The van der Waals surface area contributed by atoms with Crippen LogP contribution >= 0.6 is 0 Å². The summed E-state index contributed by atoms with van der Waals surface area (Å²) in [5, 5.41) is 10.1. The average Bonchev–Trinajstić information content (AvgIpc) is 0.811. The van der Waals surface area contributed by atoms with Crippen LogP contribution in [-0.4, -0.2) is 42.2 Å². The van der Waals surface area contributed by atoms with Gasteiger partial charge in [0, 0.05) is 0 Å². The van der Waals surface area contributed by atoms with Gasteiger partial charge < -0.3 is 22.7 Å². The number of rotatable bonds is 0. The van der Waals surface area contributed by atoms with Crippen LogP contribution in [0.25, 0.3) is 0 Å². The van der Waals surface area contributed by atoms with E-state index < -0.39 is 0 Å². The Balaban J connectivity index is -0.0000000450. The van der Waals surface area contributed by atoms with Crippen molar-refractivity contribution in [2.75, 3.05) is 14.1 Å². The van der Waals surface area contributed by atoms with Crippen LogP contribution in [0.1, 0.15) is 0 Å². The Morgan fingerprint density at radius 2 is 1.33 bits per heavy atom. The van der Waals surface area contributed by atoms with Gasteiger partial charge in [-0.3, -0.25) is 0 Å². The SMILES string of the molecule is CN(C)[O-].[Cl-].[Mg+2]. The second kappa shape index (κ2) is 9.36. The largest absolute Gasteiger partial charge is 2.00 e. The van der Waals surface area contributed by atoms with Crippen LogP contribution in [0.15, 0.2) is 0 Å². The van der Waals surface area contributed by atoms with E-state index in [2.05, 4.69) is 0 Å². The predicted octanol–water partition coefficient (Wildman–Crippen LogP) is -3.33. The maximum atomic E-state index is 9.36. The van der Waals surface area contributed by atoms with E-state index in [1.165, 1.54) is 14.1 Å². The maximum Gasteiger partial charge on any atom is 2.00 e. The molecule has 0 saturated heterocycles. The fourth-order valence-electron chi connectivity index (χ4n) is 0. The summed E-state index contributed by atoms with van der Waals surface area (Å²) in [4.78, 5) is 0. The molecule has 0 aromatic heterocycles. The van der Waals surface area contributed by atoms with Crippen molar-refractivity contribution < 1.29 is 12.4 Å². The van der Waals surface area contributed by atoms with E-state index in [0.717, 1.165) is 5.06 Å². The third-order valence-electron chi connectivity index (χ3n) is 0. The van der Waals surface area contributed by atoms with Gasteiger partial charge in [0.25, 0.3) is 0 Å². The second-order valence-electron chi connectivity index (χ2n) is 0.812. The van der Waals surface area contributed by atoms with Crippen molar-refractivity contribution in [3.63, 3.8) is 0 Å². The zero-order chi connectivity index (χ0) is 3.58. The van der Waals surface area contributed by atoms with Gasteiger partial charge in [-0.15, -0.1) is 0 Å². The van der Waals surface area contributed by atoms with Crippen LogP contribution in [0.5, 0.6) is 0 Å². The van der Waals surface area contributed by atoms with E-state index in [0.29, 0.717) is 0 Å². The van der Waals surface area contributed by atoms with Gasteiger partial charge >= 0.3 is 23.1 Å². The fraction of sp³-hybridized carbons (Fsp3) is 1.00. The van der Waals surface area contributed by atoms with Gasteiger partial charge in [-0.2, -0.15) is 0 Å². The minimum atomic E-state index is 0. The van der Waals surface area contributed by atoms with Crippen LogP contribution in [0.3, 0.4) is 0 Å². The molecular formula is C2H6ClMgNO. The van der Waals surface area contributed by atoms with Gasteiger partial charge in [0.05, 0.1) is 0 Å². The minimum absolute atomic E-state index is 0. The molecule has 0 fully saturated rings. The van der Waals surface area contributed by atoms with Crippen molar-refractivity contribution in [1.82, 2.24) is 5.06 Å². The van der Waals surface area contributed by atoms with E-state index in [1.807, 2.05) is 0 Å². The van der Waals surface area contributed by atoms with Crippen molar-refractivity contribution in [2.45, 2.75) is 0 Å². The number of hydroxylamine groups is 2. The van der Waals surface area contributed by atoms with Crippen LogP contribution < -0.4 is 12.4 Å². The number of hydrogen-bond donors (Lipinski definition) is 0. The molecule has 0 unspecified atom stereocenters. The maximum absolute atomic E-state index is 9.36. The summed E-state index contributed by atoms with van der Waals surface area (Å²) in [5.41, 5.74) is 0. The quantitative estimate of drug-likeness (QED) is 0.247. The predicted molar refractivity (Wildman–Crippen MR) is 22.8 cm³/mol. The Bertz CT molecular complexity index is 18.3. The molecule has 0 aromatic carbocycles. The first-order valence-electron chi connectivity index (χ1n) is 1.08. The monoisotopic (exact) mass is 119 g/mol. The van der Waals surface area contributed by atoms with Gasteiger partial charge in [0.15, 0.2) is 0 Å². The topological polar surface area (TPSA) is 26.3 Å². The molecule has 0 aliphatic carbocycles. The number of halogens is 1. The van der Waals surface area contributed by atoms with E-state index in [-0.39, 0.29) is 35.5 Å². The molecule has 0 N–H and O–H groups in total. The molecule has 0 aliphatic heterocycles. The third-order valence-corrected chi connectivity index (χ3v) is 0. The standard InChI is InChI=1S/C2H6NO.ClH.Mg/c1-3(2)4;;/h1-2H3;1H;/q-1;;+2/p-1. The Morgan fingerprint density at radius 3 is 1.33 bits per heavy atom. The molecule has 0 radical (unpaired) electrons. The summed E-state index contributed by atoms with van der Waals surface area (Å²) in [6, 6.07) is 0. The molecule has 0 aliphatic rings. The number of hydrogen-bond acceptors (Lipinski definition) is 2. The van der Waals surface area contributed by atoms with E-state index in [4.69, 9.17) is 0 Å². The molecule has 0 saturated carbocycles. The van der Waals surface area contributed by atoms with Crippen LogP contribution in [0.4, 0.5) is 0 Å². The summed E-state index contributed by atoms with van der Waals surface area (Å²) in [6.07, 6.45) is 0. The Hall–Kier alpha value is 0.976. The molecular weight excluding hydrogens is 114 g/mol. The molecule has 4 heteroatoms. The van der Waals surface area contributed by atoms with Crippen molar-refractivity contribution in [3.05, 3.63) is 5.21 Å². The molecule has 0 heterocycles. The van der Waals surface area contributed by atoms with Gasteiger partial charge in [-0.25, -0.2) is 0 Å². The third kappa shape index (κ3) is 82.6. The molecule has 6 heavy (non-hydrogen) atoms. The first-order chi connectivity index (χ1) is 1.73. The normalized spacial score (nSPS) is 6.00. The summed E-state index contributed by atoms with van der Waals surface area (Å²) in [5.74, 6) is 0. The first-order valence-corrected chi connectivity index (χ1v) is 1.08.